The minimum absolute atomic E-state index is 0.430. The summed E-state index contributed by atoms with van der Waals surface area (Å²) in [6, 6.07) is 0.908. The van der Waals surface area contributed by atoms with E-state index in [1.165, 1.54) is 5.56 Å². The van der Waals surface area contributed by atoms with Crippen molar-refractivity contribution in [2.45, 2.75) is 66.6 Å². The molecule has 0 amide bonds. The molecule has 0 aliphatic heterocycles. The van der Waals surface area contributed by atoms with Gasteiger partial charge in [0.1, 0.15) is 0 Å². The second kappa shape index (κ2) is 7.43. The Morgan fingerprint density at radius 1 is 1.26 bits per heavy atom. The van der Waals surface area contributed by atoms with Crippen molar-refractivity contribution in [1.82, 2.24) is 15.3 Å². The first-order valence-electron chi connectivity index (χ1n) is 7.28. The van der Waals surface area contributed by atoms with Crippen molar-refractivity contribution >= 4 is 5.95 Å². The SMILES string of the molecule is CCCN(c1ncc(CNC(C)C)c(C)n1)C(C)C. The molecule has 0 aliphatic carbocycles. The van der Waals surface area contributed by atoms with Crippen molar-refractivity contribution in [3.05, 3.63) is 17.5 Å². The molecule has 1 aromatic rings. The number of anilines is 1. The molecule has 1 rings (SSSR count). The van der Waals surface area contributed by atoms with E-state index < -0.39 is 0 Å². The van der Waals surface area contributed by atoms with Crippen molar-refractivity contribution in [1.29, 1.82) is 0 Å². The van der Waals surface area contributed by atoms with Gasteiger partial charge in [-0.3, -0.25) is 0 Å². The number of hydrogen-bond donors (Lipinski definition) is 1. The fraction of sp³-hybridized carbons (Fsp3) is 0.733. The standard InChI is InChI=1S/C15H28N4/c1-7-8-19(12(4)5)15-17-10-14(13(6)18-15)9-16-11(2)3/h10-12,16H,7-9H2,1-6H3. The highest BCUT2D eigenvalue weighted by Gasteiger charge is 2.13. The number of hydrogen-bond acceptors (Lipinski definition) is 4. The van der Waals surface area contributed by atoms with Gasteiger partial charge < -0.3 is 10.2 Å². The van der Waals surface area contributed by atoms with E-state index >= 15 is 0 Å². The van der Waals surface area contributed by atoms with Crippen LogP contribution in [0.1, 0.15) is 52.3 Å². The molecular weight excluding hydrogens is 236 g/mol. The zero-order valence-corrected chi connectivity index (χ0v) is 13.2. The second-order valence-electron chi connectivity index (χ2n) is 5.60. The Labute approximate surface area is 117 Å². The fourth-order valence-corrected chi connectivity index (χ4v) is 1.94. The zero-order chi connectivity index (χ0) is 14.4. The van der Waals surface area contributed by atoms with Gasteiger partial charge in [-0.25, -0.2) is 9.97 Å². The average molecular weight is 264 g/mol. The third kappa shape index (κ3) is 4.78. The summed E-state index contributed by atoms with van der Waals surface area (Å²) >= 11 is 0. The smallest absolute Gasteiger partial charge is 0.225 e. The van der Waals surface area contributed by atoms with Gasteiger partial charge in [-0.15, -0.1) is 0 Å². The first kappa shape index (κ1) is 15.9. The van der Waals surface area contributed by atoms with E-state index in [4.69, 9.17) is 0 Å². The van der Waals surface area contributed by atoms with Crippen LogP contribution < -0.4 is 10.2 Å². The first-order valence-corrected chi connectivity index (χ1v) is 7.28. The maximum absolute atomic E-state index is 4.67. The van der Waals surface area contributed by atoms with E-state index in [0.717, 1.165) is 31.2 Å². The average Bonchev–Trinajstić information content (AvgIpc) is 2.33. The summed E-state index contributed by atoms with van der Waals surface area (Å²) in [6.07, 6.45) is 3.06. The van der Waals surface area contributed by atoms with Crippen LogP contribution in [0.5, 0.6) is 0 Å². The summed E-state index contributed by atoms with van der Waals surface area (Å²) < 4.78 is 0. The lowest BCUT2D eigenvalue weighted by atomic mass is 10.2. The number of aryl methyl sites for hydroxylation is 1. The van der Waals surface area contributed by atoms with Crippen LogP contribution in [0.2, 0.25) is 0 Å². The van der Waals surface area contributed by atoms with Crippen molar-refractivity contribution in [2.75, 3.05) is 11.4 Å². The highest BCUT2D eigenvalue weighted by molar-refractivity contribution is 5.33. The Morgan fingerprint density at radius 2 is 1.95 bits per heavy atom. The zero-order valence-electron chi connectivity index (χ0n) is 13.2. The Balaban J connectivity index is 2.85. The van der Waals surface area contributed by atoms with Gasteiger partial charge in [-0.1, -0.05) is 20.8 Å². The van der Waals surface area contributed by atoms with E-state index in [0.29, 0.717) is 12.1 Å². The summed E-state index contributed by atoms with van der Waals surface area (Å²) in [6.45, 7) is 14.7. The number of rotatable bonds is 7. The third-order valence-corrected chi connectivity index (χ3v) is 3.11. The van der Waals surface area contributed by atoms with Crippen LogP contribution in [0, 0.1) is 6.92 Å². The molecule has 1 aromatic heterocycles. The van der Waals surface area contributed by atoms with Crippen molar-refractivity contribution in [3.63, 3.8) is 0 Å². The molecule has 1 N–H and O–H groups in total. The van der Waals surface area contributed by atoms with Crippen LogP contribution in [0.4, 0.5) is 5.95 Å². The maximum atomic E-state index is 4.67. The largest absolute Gasteiger partial charge is 0.338 e. The van der Waals surface area contributed by atoms with Crippen LogP contribution in [0.3, 0.4) is 0 Å². The molecule has 0 saturated carbocycles. The van der Waals surface area contributed by atoms with E-state index in [9.17, 15) is 0 Å². The van der Waals surface area contributed by atoms with Gasteiger partial charge in [-0.05, 0) is 27.2 Å². The second-order valence-corrected chi connectivity index (χ2v) is 5.60. The van der Waals surface area contributed by atoms with Crippen LogP contribution in [-0.2, 0) is 6.54 Å². The number of aromatic nitrogens is 2. The molecule has 0 saturated heterocycles. The maximum Gasteiger partial charge on any atom is 0.225 e. The molecule has 4 nitrogen and oxygen atoms in total. The Bertz CT molecular complexity index is 388. The molecule has 0 unspecified atom stereocenters. The van der Waals surface area contributed by atoms with E-state index in [2.05, 4.69) is 61.7 Å². The highest BCUT2D eigenvalue weighted by atomic mass is 15.3. The van der Waals surface area contributed by atoms with Crippen molar-refractivity contribution in [2.24, 2.45) is 0 Å². The summed E-state index contributed by atoms with van der Waals surface area (Å²) in [7, 11) is 0. The molecule has 0 spiro atoms. The summed E-state index contributed by atoms with van der Waals surface area (Å²) in [5, 5.41) is 3.41. The van der Waals surface area contributed by atoms with Crippen LogP contribution >= 0.6 is 0 Å². The van der Waals surface area contributed by atoms with E-state index in [1.54, 1.807) is 0 Å². The molecule has 0 aliphatic rings. The Kier molecular flexibility index (Phi) is 6.22. The molecule has 0 aromatic carbocycles. The number of nitrogens with one attached hydrogen (secondary N) is 1. The summed E-state index contributed by atoms with van der Waals surface area (Å²) in [4.78, 5) is 11.5. The third-order valence-electron chi connectivity index (χ3n) is 3.11. The van der Waals surface area contributed by atoms with Gasteiger partial charge in [0.25, 0.3) is 0 Å². The van der Waals surface area contributed by atoms with Crippen LogP contribution in [0.25, 0.3) is 0 Å². The lowest BCUT2D eigenvalue weighted by molar-refractivity contribution is 0.583. The predicted octanol–water partition coefficient (Wildman–Crippen LogP) is 2.91. The van der Waals surface area contributed by atoms with E-state index in [-0.39, 0.29) is 0 Å². The van der Waals surface area contributed by atoms with Gasteiger partial charge in [0.15, 0.2) is 0 Å². The first-order chi connectivity index (χ1) is 8.95. The highest BCUT2D eigenvalue weighted by Crippen LogP contribution is 2.14. The van der Waals surface area contributed by atoms with Gasteiger partial charge in [-0.2, -0.15) is 0 Å². The van der Waals surface area contributed by atoms with Crippen molar-refractivity contribution < 1.29 is 0 Å². The molecule has 19 heavy (non-hydrogen) atoms. The van der Waals surface area contributed by atoms with E-state index in [1.807, 2.05) is 6.20 Å². The summed E-state index contributed by atoms with van der Waals surface area (Å²) in [5.74, 6) is 0.850. The molecule has 0 atom stereocenters. The topological polar surface area (TPSA) is 41.1 Å². The quantitative estimate of drug-likeness (QED) is 0.822. The summed E-state index contributed by atoms with van der Waals surface area (Å²) in [5.41, 5.74) is 2.25. The fourth-order valence-electron chi connectivity index (χ4n) is 1.94. The van der Waals surface area contributed by atoms with Crippen LogP contribution in [0.15, 0.2) is 6.20 Å². The molecule has 4 heteroatoms. The van der Waals surface area contributed by atoms with Crippen LogP contribution in [-0.4, -0.2) is 28.6 Å². The van der Waals surface area contributed by atoms with Gasteiger partial charge in [0, 0.05) is 42.6 Å². The minimum Gasteiger partial charge on any atom is -0.338 e. The predicted molar refractivity (Wildman–Crippen MR) is 81.5 cm³/mol. The lowest BCUT2D eigenvalue weighted by Crippen LogP contribution is -2.33. The van der Waals surface area contributed by atoms with Crippen molar-refractivity contribution in [3.8, 4) is 0 Å². The molecular formula is C15H28N4. The Morgan fingerprint density at radius 3 is 2.42 bits per heavy atom. The molecule has 1 heterocycles. The minimum atomic E-state index is 0.430. The Hall–Kier alpha value is -1.16. The number of nitrogens with zero attached hydrogens (tertiary/aromatic N) is 3. The molecule has 0 bridgehead atoms. The normalized spacial score (nSPS) is 11.4. The monoisotopic (exact) mass is 264 g/mol. The molecule has 0 fully saturated rings. The van der Waals surface area contributed by atoms with Gasteiger partial charge in [0.05, 0.1) is 0 Å². The molecule has 0 radical (unpaired) electrons. The van der Waals surface area contributed by atoms with Gasteiger partial charge >= 0.3 is 0 Å². The van der Waals surface area contributed by atoms with Gasteiger partial charge in [0.2, 0.25) is 5.95 Å². The lowest BCUT2D eigenvalue weighted by Gasteiger charge is -2.26. The molecule has 108 valence electrons.